The van der Waals surface area contributed by atoms with Gasteiger partial charge in [0, 0.05) is 0 Å². The first-order valence-electron chi connectivity index (χ1n) is 6.33. The SMILES string of the molecule is CC(C)(C)c1cc(C(=O)O)ccc1-c1ccccc1. The number of hydrogen-bond donors (Lipinski definition) is 1. The summed E-state index contributed by atoms with van der Waals surface area (Å²) in [6, 6.07) is 15.4. The molecule has 0 heterocycles. The highest BCUT2D eigenvalue weighted by atomic mass is 16.4. The van der Waals surface area contributed by atoms with Gasteiger partial charge in [0.25, 0.3) is 0 Å². The van der Waals surface area contributed by atoms with Crippen LogP contribution in [-0.4, -0.2) is 11.1 Å². The highest BCUT2D eigenvalue weighted by molar-refractivity contribution is 5.89. The number of hydrogen-bond acceptors (Lipinski definition) is 1. The quantitative estimate of drug-likeness (QED) is 0.865. The van der Waals surface area contributed by atoms with Crippen molar-refractivity contribution in [3.8, 4) is 11.1 Å². The molecule has 2 nitrogen and oxygen atoms in total. The zero-order valence-corrected chi connectivity index (χ0v) is 11.5. The molecule has 0 saturated carbocycles. The van der Waals surface area contributed by atoms with Gasteiger partial charge in [-0.05, 0) is 34.2 Å². The molecule has 98 valence electrons. The summed E-state index contributed by atoms with van der Waals surface area (Å²) in [6.45, 7) is 6.29. The predicted molar refractivity (Wildman–Crippen MR) is 77.5 cm³/mol. The van der Waals surface area contributed by atoms with E-state index in [0.717, 1.165) is 16.7 Å². The first kappa shape index (κ1) is 13.3. The van der Waals surface area contributed by atoms with Crippen molar-refractivity contribution in [1.82, 2.24) is 0 Å². The molecule has 19 heavy (non-hydrogen) atoms. The fourth-order valence-electron chi connectivity index (χ4n) is 2.17. The Balaban J connectivity index is 2.65. The van der Waals surface area contributed by atoms with E-state index in [4.69, 9.17) is 5.11 Å². The number of carboxylic acid groups (broad SMARTS) is 1. The number of benzene rings is 2. The smallest absolute Gasteiger partial charge is 0.335 e. The second-order valence-electron chi connectivity index (χ2n) is 5.68. The molecule has 1 N–H and O–H groups in total. The summed E-state index contributed by atoms with van der Waals surface area (Å²) in [6.07, 6.45) is 0. The average molecular weight is 254 g/mol. The molecular formula is C17H18O2. The second-order valence-corrected chi connectivity index (χ2v) is 5.68. The van der Waals surface area contributed by atoms with E-state index >= 15 is 0 Å². The van der Waals surface area contributed by atoms with Crippen molar-refractivity contribution in [2.45, 2.75) is 26.2 Å². The van der Waals surface area contributed by atoms with Crippen LogP contribution in [0.5, 0.6) is 0 Å². The highest BCUT2D eigenvalue weighted by Crippen LogP contribution is 2.33. The van der Waals surface area contributed by atoms with Crippen LogP contribution in [-0.2, 0) is 5.41 Å². The minimum absolute atomic E-state index is 0.101. The molecule has 0 spiro atoms. The third-order valence-corrected chi connectivity index (χ3v) is 3.16. The third kappa shape index (κ3) is 2.84. The van der Waals surface area contributed by atoms with Crippen molar-refractivity contribution in [1.29, 1.82) is 0 Å². The van der Waals surface area contributed by atoms with E-state index in [-0.39, 0.29) is 5.41 Å². The molecule has 0 aliphatic carbocycles. The Morgan fingerprint density at radius 2 is 1.63 bits per heavy atom. The van der Waals surface area contributed by atoms with E-state index in [1.54, 1.807) is 12.1 Å². The molecule has 0 aliphatic heterocycles. The van der Waals surface area contributed by atoms with Gasteiger partial charge in [-0.15, -0.1) is 0 Å². The molecule has 0 atom stereocenters. The van der Waals surface area contributed by atoms with Crippen molar-refractivity contribution < 1.29 is 9.90 Å². The summed E-state index contributed by atoms with van der Waals surface area (Å²) in [5.74, 6) is -0.884. The first-order chi connectivity index (χ1) is 8.89. The van der Waals surface area contributed by atoms with E-state index in [2.05, 4.69) is 20.8 Å². The second kappa shape index (κ2) is 4.88. The fourth-order valence-corrected chi connectivity index (χ4v) is 2.17. The molecule has 0 aromatic heterocycles. The van der Waals surface area contributed by atoms with E-state index < -0.39 is 5.97 Å². The maximum absolute atomic E-state index is 11.1. The summed E-state index contributed by atoms with van der Waals surface area (Å²) in [4.78, 5) is 11.1. The van der Waals surface area contributed by atoms with Gasteiger partial charge in [0.15, 0.2) is 0 Å². The minimum atomic E-state index is -0.884. The number of aromatic carboxylic acids is 1. The van der Waals surface area contributed by atoms with E-state index in [0.29, 0.717) is 5.56 Å². The van der Waals surface area contributed by atoms with Crippen LogP contribution >= 0.6 is 0 Å². The van der Waals surface area contributed by atoms with Gasteiger partial charge in [0.05, 0.1) is 5.56 Å². The number of carbonyl (C=O) groups is 1. The lowest BCUT2D eigenvalue weighted by molar-refractivity contribution is 0.0697. The largest absolute Gasteiger partial charge is 0.478 e. The lowest BCUT2D eigenvalue weighted by Crippen LogP contribution is -2.14. The Hall–Kier alpha value is -2.09. The molecule has 0 amide bonds. The highest BCUT2D eigenvalue weighted by Gasteiger charge is 2.20. The molecule has 2 aromatic rings. The third-order valence-electron chi connectivity index (χ3n) is 3.16. The summed E-state index contributed by atoms with van der Waals surface area (Å²) >= 11 is 0. The molecule has 0 aliphatic rings. The van der Waals surface area contributed by atoms with E-state index in [1.807, 2.05) is 36.4 Å². The van der Waals surface area contributed by atoms with Crippen molar-refractivity contribution >= 4 is 5.97 Å². The van der Waals surface area contributed by atoms with Crippen LogP contribution in [0.3, 0.4) is 0 Å². The van der Waals surface area contributed by atoms with Crippen molar-refractivity contribution in [3.05, 3.63) is 59.7 Å². The Morgan fingerprint density at radius 3 is 2.16 bits per heavy atom. The topological polar surface area (TPSA) is 37.3 Å². The van der Waals surface area contributed by atoms with Crippen LogP contribution in [0.25, 0.3) is 11.1 Å². The fraction of sp³-hybridized carbons (Fsp3) is 0.235. The average Bonchev–Trinajstić information content (AvgIpc) is 2.38. The lowest BCUT2D eigenvalue weighted by atomic mass is 9.81. The number of carboxylic acids is 1. The monoisotopic (exact) mass is 254 g/mol. The van der Waals surface area contributed by atoms with Gasteiger partial charge in [-0.25, -0.2) is 4.79 Å². The first-order valence-corrected chi connectivity index (χ1v) is 6.33. The molecule has 0 fully saturated rings. The Kier molecular flexibility index (Phi) is 3.43. The Morgan fingerprint density at radius 1 is 1.00 bits per heavy atom. The van der Waals surface area contributed by atoms with Gasteiger partial charge in [0.1, 0.15) is 0 Å². The van der Waals surface area contributed by atoms with Gasteiger partial charge in [0.2, 0.25) is 0 Å². The molecule has 0 unspecified atom stereocenters. The summed E-state index contributed by atoms with van der Waals surface area (Å²) < 4.78 is 0. The van der Waals surface area contributed by atoms with E-state index in [1.165, 1.54) is 0 Å². The van der Waals surface area contributed by atoms with Crippen LogP contribution < -0.4 is 0 Å². The van der Waals surface area contributed by atoms with Crippen molar-refractivity contribution in [2.24, 2.45) is 0 Å². The zero-order valence-electron chi connectivity index (χ0n) is 11.5. The normalized spacial score (nSPS) is 11.3. The van der Waals surface area contributed by atoms with E-state index in [9.17, 15) is 4.79 Å². The van der Waals surface area contributed by atoms with Crippen LogP contribution in [0.15, 0.2) is 48.5 Å². The zero-order chi connectivity index (χ0) is 14.0. The van der Waals surface area contributed by atoms with Crippen LogP contribution in [0.2, 0.25) is 0 Å². The van der Waals surface area contributed by atoms with Crippen molar-refractivity contribution in [2.75, 3.05) is 0 Å². The molecule has 0 saturated heterocycles. The Labute approximate surface area is 113 Å². The maximum atomic E-state index is 11.1. The molecule has 2 aromatic carbocycles. The van der Waals surface area contributed by atoms with Gasteiger partial charge in [-0.3, -0.25) is 0 Å². The van der Waals surface area contributed by atoms with Gasteiger partial charge in [-0.2, -0.15) is 0 Å². The molecular weight excluding hydrogens is 236 g/mol. The summed E-state index contributed by atoms with van der Waals surface area (Å²) in [5.41, 5.74) is 3.50. The minimum Gasteiger partial charge on any atom is -0.478 e. The molecule has 2 rings (SSSR count). The summed E-state index contributed by atoms with van der Waals surface area (Å²) in [5, 5.41) is 9.14. The van der Waals surface area contributed by atoms with Crippen LogP contribution in [0.1, 0.15) is 36.7 Å². The van der Waals surface area contributed by atoms with Crippen molar-refractivity contribution in [3.63, 3.8) is 0 Å². The predicted octanol–water partition coefficient (Wildman–Crippen LogP) is 4.35. The summed E-state index contributed by atoms with van der Waals surface area (Å²) in [7, 11) is 0. The lowest BCUT2D eigenvalue weighted by Gasteiger charge is -2.23. The van der Waals surface area contributed by atoms with Crippen LogP contribution in [0.4, 0.5) is 0 Å². The van der Waals surface area contributed by atoms with Gasteiger partial charge < -0.3 is 5.11 Å². The van der Waals surface area contributed by atoms with Gasteiger partial charge in [-0.1, -0.05) is 57.2 Å². The molecule has 2 heteroatoms. The maximum Gasteiger partial charge on any atom is 0.335 e. The number of rotatable bonds is 2. The van der Waals surface area contributed by atoms with Gasteiger partial charge >= 0.3 is 5.97 Å². The molecule has 0 radical (unpaired) electrons. The Bertz CT molecular complexity index is 592. The molecule has 0 bridgehead atoms. The van der Waals surface area contributed by atoms with Crippen LogP contribution in [0, 0.1) is 0 Å². The standard InChI is InChI=1S/C17H18O2/c1-17(2,3)15-11-13(16(18)19)9-10-14(15)12-7-5-4-6-8-12/h4-11H,1-3H3,(H,18,19).